The summed E-state index contributed by atoms with van der Waals surface area (Å²) in [6.07, 6.45) is 2.20. The first-order valence-corrected chi connectivity index (χ1v) is 7.76. The molecule has 2 N–H and O–H groups in total. The van der Waals surface area contributed by atoms with Crippen molar-refractivity contribution < 1.29 is 4.79 Å². The first-order valence-electron chi connectivity index (χ1n) is 7.76. The molecule has 124 valence electrons. The molecule has 3 aromatic rings. The van der Waals surface area contributed by atoms with E-state index in [0.29, 0.717) is 29.9 Å². The van der Waals surface area contributed by atoms with Gasteiger partial charge in [0.25, 0.3) is 5.91 Å². The molecule has 0 aliphatic rings. The summed E-state index contributed by atoms with van der Waals surface area (Å²) < 4.78 is 1.78. The van der Waals surface area contributed by atoms with Crippen LogP contribution in [0.4, 0.5) is 0 Å². The van der Waals surface area contributed by atoms with Crippen LogP contribution in [0.15, 0.2) is 30.6 Å². The molecule has 0 bridgehead atoms. The number of benzene rings is 1. The minimum absolute atomic E-state index is 0.215. The van der Waals surface area contributed by atoms with Crippen LogP contribution in [0.5, 0.6) is 0 Å². The molecule has 0 unspecified atom stereocenters. The van der Waals surface area contributed by atoms with Gasteiger partial charge in [-0.25, -0.2) is 9.67 Å². The number of nitrogens with zero attached hydrogens (tertiary/aromatic N) is 6. The van der Waals surface area contributed by atoms with Crippen LogP contribution in [-0.4, -0.2) is 41.3 Å². The Labute approximate surface area is 138 Å². The molecule has 2 heterocycles. The summed E-state index contributed by atoms with van der Waals surface area (Å²) in [5.74, 6) is 0.906. The van der Waals surface area contributed by atoms with E-state index in [9.17, 15) is 4.79 Å². The van der Waals surface area contributed by atoms with Gasteiger partial charge in [-0.1, -0.05) is 25.1 Å². The second-order valence-electron chi connectivity index (χ2n) is 5.15. The van der Waals surface area contributed by atoms with Gasteiger partial charge in [-0.3, -0.25) is 4.79 Å². The van der Waals surface area contributed by atoms with Gasteiger partial charge in [0.1, 0.15) is 12.2 Å². The number of tetrazole rings is 1. The summed E-state index contributed by atoms with van der Waals surface area (Å²) >= 11 is 0. The predicted molar refractivity (Wildman–Crippen MR) is 85.8 cm³/mol. The maximum absolute atomic E-state index is 12.8. The van der Waals surface area contributed by atoms with E-state index in [-0.39, 0.29) is 11.9 Å². The van der Waals surface area contributed by atoms with Gasteiger partial charge < -0.3 is 5.32 Å². The highest BCUT2D eigenvalue weighted by Gasteiger charge is 2.21. The minimum atomic E-state index is -0.224. The lowest BCUT2D eigenvalue weighted by Gasteiger charge is -2.17. The molecule has 1 amide bonds. The molecular formula is C15H18N8O. The second kappa shape index (κ2) is 6.99. The van der Waals surface area contributed by atoms with Crippen molar-refractivity contribution in [2.45, 2.75) is 32.9 Å². The van der Waals surface area contributed by atoms with Gasteiger partial charge in [0.15, 0.2) is 0 Å². The fourth-order valence-electron chi connectivity index (χ4n) is 2.52. The van der Waals surface area contributed by atoms with E-state index >= 15 is 0 Å². The number of carbonyl (C=O) groups is 1. The van der Waals surface area contributed by atoms with Crippen LogP contribution >= 0.6 is 0 Å². The minimum Gasteiger partial charge on any atom is -0.342 e. The third kappa shape index (κ3) is 3.00. The van der Waals surface area contributed by atoms with Gasteiger partial charge >= 0.3 is 0 Å². The molecule has 0 spiro atoms. The number of amides is 1. The number of carbonyl (C=O) groups excluding carboxylic acids is 1. The molecule has 2 aromatic heterocycles. The zero-order valence-corrected chi connectivity index (χ0v) is 13.5. The summed E-state index contributed by atoms with van der Waals surface area (Å²) in [6, 6.07) is 6.92. The SMILES string of the molecule is CC[C@H](NC(=O)c1ccccc1-c1nn[nH]n1)c1ncnn1CC. The standard InChI is InChI=1S/C15H18N8O/c1-3-12(14-16-9-17-23(14)4-2)18-15(24)11-8-6-5-7-10(11)13-19-21-22-20-13/h5-9,12H,3-4H2,1-2H3,(H,18,24)(H,19,20,21,22)/t12-/m0/s1. The van der Waals surface area contributed by atoms with Crippen molar-refractivity contribution in [3.63, 3.8) is 0 Å². The van der Waals surface area contributed by atoms with Crippen LogP contribution in [0.2, 0.25) is 0 Å². The van der Waals surface area contributed by atoms with E-state index in [1.807, 2.05) is 19.9 Å². The first-order chi connectivity index (χ1) is 11.7. The quantitative estimate of drug-likeness (QED) is 0.707. The third-order valence-electron chi connectivity index (χ3n) is 3.73. The molecule has 1 atom stereocenters. The molecule has 24 heavy (non-hydrogen) atoms. The molecule has 0 radical (unpaired) electrons. The molecule has 1 aromatic carbocycles. The maximum Gasteiger partial charge on any atom is 0.252 e. The number of rotatable bonds is 6. The van der Waals surface area contributed by atoms with Crippen molar-refractivity contribution in [1.82, 2.24) is 40.7 Å². The summed E-state index contributed by atoms with van der Waals surface area (Å²) in [5, 5.41) is 21.0. The lowest BCUT2D eigenvalue weighted by atomic mass is 10.1. The van der Waals surface area contributed by atoms with Crippen molar-refractivity contribution in [2.75, 3.05) is 0 Å². The van der Waals surface area contributed by atoms with Crippen molar-refractivity contribution in [3.05, 3.63) is 42.0 Å². The van der Waals surface area contributed by atoms with Gasteiger partial charge in [0, 0.05) is 12.1 Å². The van der Waals surface area contributed by atoms with Crippen LogP contribution in [0.3, 0.4) is 0 Å². The zero-order chi connectivity index (χ0) is 16.9. The van der Waals surface area contributed by atoms with Gasteiger partial charge in [-0.15, -0.1) is 10.2 Å². The van der Waals surface area contributed by atoms with Gasteiger partial charge in [-0.2, -0.15) is 10.3 Å². The Balaban J connectivity index is 1.87. The van der Waals surface area contributed by atoms with Gasteiger partial charge in [0.05, 0.1) is 11.6 Å². The van der Waals surface area contributed by atoms with Crippen molar-refractivity contribution in [1.29, 1.82) is 0 Å². The van der Waals surface area contributed by atoms with Crippen molar-refractivity contribution in [2.24, 2.45) is 0 Å². The van der Waals surface area contributed by atoms with Crippen LogP contribution in [0, 0.1) is 0 Å². The number of aryl methyl sites for hydroxylation is 1. The van der Waals surface area contributed by atoms with E-state index in [4.69, 9.17) is 0 Å². The van der Waals surface area contributed by atoms with Crippen molar-refractivity contribution >= 4 is 5.91 Å². The Kier molecular flexibility index (Phi) is 4.59. The Morgan fingerprint density at radius 1 is 1.33 bits per heavy atom. The molecular weight excluding hydrogens is 308 g/mol. The fraction of sp³-hybridized carbons (Fsp3) is 0.333. The van der Waals surface area contributed by atoms with Crippen LogP contribution in [0.1, 0.15) is 42.5 Å². The van der Waals surface area contributed by atoms with Crippen LogP contribution in [0.25, 0.3) is 11.4 Å². The smallest absolute Gasteiger partial charge is 0.252 e. The zero-order valence-electron chi connectivity index (χ0n) is 13.5. The summed E-state index contributed by atoms with van der Waals surface area (Å²) in [4.78, 5) is 17.0. The second-order valence-corrected chi connectivity index (χ2v) is 5.15. The lowest BCUT2D eigenvalue weighted by molar-refractivity contribution is 0.0933. The number of aromatic nitrogens is 7. The summed E-state index contributed by atoms with van der Waals surface area (Å²) in [5.41, 5.74) is 1.11. The van der Waals surface area contributed by atoms with Crippen LogP contribution < -0.4 is 5.32 Å². The molecule has 0 fully saturated rings. The fourth-order valence-corrected chi connectivity index (χ4v) is 2.52. The van der Waals surface area contributed by atoms with Crippen molar-refractivity contribution in [3.8, 4) is 11.4 Å². The highest BCUT2D eigenvalue weighted by atomic mass is 16.1. The van der Waals surface area contributed by atoms with E-state index in [0.717, 1.165) is 5.82 Å². The van der Waals surface area contributed by atoms with Gasteiger partial charge in [0.2, 0.25) is 5.82 Å². The number of aromatic amines is 1. The predicted octanol–water partition coefficient (Wildman–Crippen LogP) is 1.36. The Morgan fingerprint density at radius 2 is 2.17 bits per heavy atom. The Bertz CT molecular complexity index is 811. The normalized spacial score (nSPS) is 12.1. The van der Waals surface area contributed by atoms with Crippen LogP contribution in [-0.2, 0) is 6.54 Å². The molecule has 0 saturated heterocycles. The highest BCUT2D eigenvalue weighted by Crippen LogP contribution is 2.21. The number of hydrogen-bond acceptors (Lipinski definition) is 6. The van der Waals surface area contributed by atoms with E-state index in [1.165, 1.54) is 6.33 Å². The summed E-state index contributed by atoms with van der Waals surface area (Å²) in [7, 11) is 0. The first kappa shape index (κ1) is 15.8. The molecule has 3 rings (SSSR count). The highest BCUT2D eigenvalue weighted by molar-refractivity contribution is 6.00. The average molecular weight is 326 g/mol. The number of H-pyrrole nitrogens is 1. The summed E-state index contributed by atoms with van der Waals surface area (Å²) in [6.45, 7) is 4.67. The molecule has 9 nitrogen and oxygen atoms in total. The third-order valence-corrected chi connectivity index (χ3v) is 3.73. The number of hydrogen-bond donors (Lipinski definition) is 2. The van der Waals surface area contributed by atoms with E-state index < -0.39 is 0 Å². The molecule has 0 aliphatic carbocycles. The maximum atomic E-state index is 12.8. The molecule has 0 saturated carbocycles. The number of nitrogens with one attached hydrogen (secondary N) is 2. The van der Waals surface area contributed by atoms with E-state index in [1.54, 1.807) is 22.9 Å². The largest absolute Gasteiger partial charge is 0.342 e. The van der Waals surface area contributed by atoms with E-state index in [2.05, 4.69) is 36.0 Å². The molecule has 0 aliphatic heterocycles. The monoisotopic (exact) mass is 326 g/mol. The average Bonchev–Trinajstić information content (AvgIpc) is 3.30. The molecule has 9 heteroatoms. The Hall–Kier alpha value is -3.10. The lowest BCUT2D eigenvalue weighted by Crippen LogP contribution is -2.30. The van der Waals surface area contributed by atoms with Gasteiger partial charge in [-0.05, 0) is 24.6 Å². The Morgan fingerprint density at radius 3 is 2.88 bits per heavy atom. The topological polar surface area (TPSA) is 114 Å².